The zero-order chi connectivity index (χ0) is 14.5. The maximum absolute atomic E-state index is 4.76. The standard InChI is InChI=1S/C14H20N2.CH2Cl2/c1-4-13(15-2)14(16-3)11-10-12-8-6-5-7-9-12;2-1-3/h5-9H,4,10-11H2,1-3H3;1H2. The second kappa shape index (κ2) is 12.2. The molecule has 4 heteroatoms. The Morgan fingerprint density at radius 2 is 1.53 bits per heavy atom. The molecule has 0 radical (unpaired) electrons. The molecule has 0 fully saturated rings. The summed E-state index contributed by atoms with van der Waals surface area (Å²) in [4.78, 5) is 8.61. The molecule has 1 aromatic carbocycles. The van der Waals surface area contributed by atoms with Crippen LogP contribution >= 0.6 is 23.2 Å². The molecule has 1 aromatic rings. The molecule has 0 N–H and O–H groups in total. The molecular weight excluding hydrogens is 279 g/mol. The van der Waals surface area contributed by atoms with Crippen LogP contribution in [0.5, 0.6) is 0 Å². The van der Waals surface area contributed by atoms with Crippen molar-refractivity contribution in [2.24, 2.45) is 9.98 Å². The van der Waals surface area contributed by atoms with Gasteiger partial charge >= 0.3 is 0 Å². The van der Waals surface area contributed by atoms with Gasteiger partial charge in [0.2, 0.25) is 0 Å². The normalized spacial score (nSPS) is 11.8. The first-order chi connectivity index (χ1) is 9.23. The largest absolute Gasteiger partial charge is 0.291 e. The van der Waals surface area contributed by atoms with E-state index >= 15 is 0 Å². The molecule has 0 heterocycles. The first-order valence-corrected chi connectivity index (χ1v) is 7.37. The quantitative estimate of drug-likeness (QED) is 0.561. The minimum Gasteiger partial charge on any atom is -0.291 e. The predicted octanol–water partition coefficient (Wildman–Crippen LogP) is 4.59. The van der Waals surface area contributed by atoms with Crippen LogP contribution in [0.15, 0.2) is 40.3 Å². The highest BCUT2D eigenvalue weighted by molar-refractivity contribution is 6.42. The number of benzene rings is 1. The lowest BCUT2D eigenvalue weighted by Crippen LogP contribution is -2.14. The van der Waals surface area contributed by atoms with Gasteiger partial charge in [0.15, 0.2) is 0 Å². The van der Waals surface area contributed by atoms with E-state index < -0.39 is 0 Å². The minimum atomic E-state index is 0.194. The number of rotatable bonds is 5. The molecule has 0 bridgehead atoms. The van der Waals surface area contributed by atoms with Gasteiger partial charge in [-0.15, -0.1) is 23.2 Å². The molecule has 0 spiro atoms. The van der Waals surface area contributed by atoms with Gasteiger partial charge in [0, 0.05) is 14.1 Å². The van der Waals surface area contributed by atoms with E-state index in [0.29, 0.717) is 0 Å². The number of halogens is 2. The van der Waals surface area contributed by atoms with E-state index in [1.54, 1.807) is 0 Å². The summed E-state index contributed by atoms with van der Waals surface area (Å²) >= 11 is 9.53. The van der Waals surface area contributed by atoms with Crippen molar-refractivity contribution in [3.8, 4) is 0 Å². The van der Waals surface area contributed by atoms with Crippen molar-refractivity contribution in [1.82, 2.24) is 0 Å². The molecule has 0 unspecified atom stereocenters. The summed E-state index contributed by atoms with van der Waals surface area (Å²) in [5.74, 6) is 0. The van der Waals surface area contributed by atoms with Gasteiger partial charge in [-0.3, -0.25) is 9.98 Å². The smallest absolute Gasteiger partial charge is 0.0967 e. The Morgan fingerprint density at radius 3 is 1.95 bits per heavy atom. The number of aryl methyl sites for hydroxylation is 1. The van der Waals surface area contributed by atoms with Crippen molar-refractivity contribution in [1.29, 1.82) is 0 Å². The second-order valence-corrected chi connectivity index (χ2v) is 4.59. The topological polar surface area (TPSA) is 24.7 Å². The van der Waals surface area contributed by atoms with E-state index in [1.165, 1.54) is 5.56 Å². The van der Waals surface area contributed by atoms with E-state index in [-0.39, 0.29) is 5.34 Å². The predicted molar refractivity (Wildman–Crippen MR) is 88.3 cm³/mol. The molecule has 0 amide bonds. The maximum Gasteiger partial charge on any atom is 0.0967 e. The monoisotopic (exact) mass is 300 g/mol. The average molecular weight is 301 g/mol. The van der Waals surface area contributed by atoms with Crippen molar-refractivity contribution in [3.63, 3.8) is 0 Å². The number of aliphatic imine (C=N–C) groups is 2. The van der Waals surface area contributed by atoms with Gasteiger partial charge in [-0.1, -0.05) is 37.3 Å². The minimum absolute atomic E-state index is 0.194. The first kappa shape index (κ1) is 18.1. The molecule has 0 aliphatic heterocycles. The number of hydrogen-bond acceptors (Lipinski definition) is 2. The fourth-order valence-corrected chi connectivity index (χ4v) is 1.78. The molecule has 19 heavy (non-hydrogen) atoms. The Bertz CT molecular complexity index is 386. The third-order valence-electron chi connectivity index (χ3n) is 2.70. The molecule has 1 rings (SSSR count). The molecule has 2 nitrogen and oxygen atoms in total. The van der Waals surface area contributed by atoms with Gasteiger partial charge in [-0.05, 0) is 24.8 Å². The molecule has 0 aromatic heterocycles. The molecule has 0 aliphatic rings. The maximum atomic E-state index is 4.76. The third kappa shape index (κ3) is 8.02. The van der Waals surface area contributed by atoms with Crippen molar-refractivity contribution in [2.45, 2.75) is 26.2 Å². The number of hydrogen-bond donors (Lipinski definition) is 0. The van der Waals surface area contributed by atoms with Crippen LogP contribution in [-0.4, -0.2) is 30.9 Å². The van der Waals surface area contributed by atoms with Crippen LogP contribution in [-0.2, 0) is 6.42 Å². The molecule has 0 aliphatic carbocycles. The third-order valence-corrected chi connectivity index (χ3v) is 2.70. The van der Waals surface area contributed by atoms with E-state index in [2.05, 4.69) is 41.2 Å². The first-order valence-electron chi connectivity index (χ1n) is 6.30. The number of alkyl halides is 2. The van der Waals surface area contributed by atoms with Crippen LogP contribution in [0.3, 0.4) is 0 Å². The van der Waals surface area contributed by atoms with Crippen LogP contribution in [0.2, 0.25) is 0 Å². The van der Waals surface area contributed by atoms with Crippen molar-refractivity contribution >= 4 is 34.6 Å². The van der Waals surface area contributed by atoms with E-state index in [0.717, 1.165) is 30.7 Å². The van der Waals surface area contributed by atoms with Crippen LogP contribution < -0.4 is 0 Å². The van der Waals surface area contributed by atoms with Gasteiger partial charge in [0.1, 0.15) is 0 Å². The Hall–Kier alpha value is -0.860. The summed E-state index contributed by atoms with van der Waals surface area (Å²) in [6, 6.07) is 10.5. The van der Waals surface area contributed by atoms with E-state index in [4.69, 9.17) is 23.2 Å². The zero-order valence-electron chi connectivity index (χ0n) is 11.9. The SMILES string of the molecule is CCC(=NC)C(CCc1ccccc1)=NC.ClCCl. The summed E-state index contributed by atoms with van der Waals surface area (Å²) in [6.45, 7) is 2.12. The van der Waals surface area contributed by atoms with Gasteiger partial charge in [-0.2, -0.15) is 0 Å². The highest BCUT2D eigenvalue weighted by Gasteiger charge is 2.05. The molecule has 0 saturated carbocycles. The van der Waals surface area contributed by atoms with Gasteiger partial charge in [-0.25, -0.2) is 0 Å². The molecule has 0 atom stereocenters. The summed E-state index contributed by atoms with van der Waals surface area (Å²) in [7, 11) is 3.69. The Morgan fingerprint density at radius 1 is 1.00 bits per heavy atom. The summed E-state index contributed by atoms with van der Waals surface area (Å²) in [5, 5.41) is 0.194. The van der Waals surface area contributed by atoms with Crippen molar-refractivity contribution in [2.75, 3.05) is 19.4 Å². The van der Waals surface area contributed by atoms with Crippen molar-refractivity contribution < 1.29 is 0 Å². The van der Waals surface area contributed by atoms with Crippen molar-refractivity contribution in [3.05, 3.63) is 35.9 Å². The Balaban J connectivity index is 0.000000982. The fourth-order valence-electron chi connectivity index (χ4n) is 1.78. The van der Waals surface area contributed by atoms with E-state index in [1.807, 2.05) is 20.2 Å². The number of nitrogens with zero attached hydrogens (tertiary/aromatic N) is 2. The van der Waals surface area contributed by atoms with Crippen LogP contribution in [0, 0.1) is 0 Å². The summed E-state index contributed by atoms with van der Waals surface area (Å²) < 4.78 is 0. The molecule has 0 saturated heterocycles. The van der Waals surface area contributed by atoms with Crippen LogP contribution in [0.1, 0.15) is 25.3 Å². The lowest BCUT2D eigenvalue weighted by molar-refractivity contribution is 1.04. The second-order valence-electron chi connectivity index (χ2n) is 3.78. The molecule has 106 valence electrons. The fraction of sp³-hybridized carbons (Fsp3) is 0.467. The lowest BCUT2D eigenvalue weighted by Gasteiger charge is -2.07. The van der Waals surface area contributed by atoms with Gasteiger partial charge < -0.3 is 0 Å². The van der Waals surface area contributed by atoms with Gasteiger partial charge in [0.05, 0.1) is 16.8 Å². The van der Waals surface area contributed by atoms with Gasteiger partial charge in [0.25, 0.3) is 0 Å². The summed E-state index contributed by atoms with van der Waals surface area (Å²) in [6.07, 6.45) is 2.96. The van der Waals surface area contributed by atoms with E-state index in [9.17, 15) is 0 Å². The summed E-state index contributed by atoms with van der Waals surface area (Å²) in [5.41, 5.74) is 3.61. The average Bonchev–Trinajstić information content (AvgIpc) is 2.45. The van der Waals surface area contributed by atoms with Crippen LogP contribution in [0.4, 0.5) is 0 Å². The lowest BCUT2D eigenvalue weighted by atomic mass is 10.0. The highest BCUT2D eigenvalue weighted by Crippen LogP contribution is 2.05. The molecular formula is C15H22Cl2N2. The Labute approximate surface area is 126 Å². The highest BCUT2D eigenvalue weighted by atomic mass is 35.5. The van der Waals surface area contributed by atoms with Crippen LogP contribution in [0.25, 0.3) is 0 Å². The zero-order valence-corrected chi connectivity index (χ0v) is 13.4. The Kier molecular flexibility index (Phi) is 11.6.